The van der Waals surface area contributed by atoms with Crippen molar-refractivity contribution in [3.05, 3.63) is 130 Å². The molecule has 3 nitrogen and oxygen atoms in total. The molecule has 1 saturated heterocycles. The lowest BCUT2D eigenvalue weighted by atomic mass is 9.75. The van der Waals surface area contributed by atoms with E-state index < -0.39 is 47.5 Å². The summed E-state index contributed by atoms with van der Waals surface area (Å²) in [5.74, 6) is 0.164. The predicted molar refractivity (Wildman–Crippen MR) is 141 cm³/mol. The summed E-state index contributed by atoms with van der Waals surface area (Å²) in [6, 6.07) is 24.1. The Bertz CT molecular complexity index is 1330. The summed E-state index contributed by atoms with van der Waals surface area (Å²) in [6.07, 6.45) is -10.3. The Morgan fingerprint density at radius 1 is 0.463 bits per heavy atom. The predicted octanol–water partition coefficient (Wildman–Crippen LogP) is 9.12. The summed E-state index contributed by atoms with van der Waals surface area (Å²) in [4.78, 5) is 0. The van der Waals surface area contributed by atoms with E-state index in [2.05, 4.69) is 0 Å². The fourth-order valence-electron chi connectivity index (χ4n) is 5.42. The summed E-state index contributed by atoms with van der Waals surface area (Å²) in [5.41, 5.74) is 1.06. The lowest BCUT2D eigenvalue weighted by Crippen LogP contribution is -2.15. The number of methoxy groups -OCH3 is 2. The molecule has 1 aliphatic heterocycles. The SMILES string of the molecule is COc1ccc([C@@H]2O[C@@H](c3ccc(OC)cc3)[C@H](c3ccc(C(F)(F)F)cc3)[C@H]2c2ccc(C(F)(F)F)cc2)cc1. The second-order valence-electron chi connectivity index (χ2n) is 9.81. The van der Waals surface area contributed by atoms with E-state index in [1.54, 1.807) is 24.3 Å². The van der Waals surface area contributed by atoms with Crippen molar-refractivity contribution in [3.63, 3.8) is 0 Å². The number of rotatable bonds is 6. The molecular weight excluding hydrogens is 546 g/mol. The first-order valence-corrected chi connectivity index (χ1v) is 12.8. The van der Waals surface area contributed by atoms with Crippen molar-refractivity contribution in [2.45, 2.75) is 36.4 Å². The van der Waals surface area contributed by atoms with Crippen LogP contribution in [0.25, 0.3) is 0 Å². The monoisotopic (exact) mass is 572 g/mol. The molecule has 0 amide bonds. The zero-order valence-corrected chi connectivity index (χ0v) is 22.0. The Kier molecular flexibility index (Phi) is 7.74. The van der Waals surface area contributed by atoms with Crippen molar-refractivity contribution in [2.24, 2.45) is 0 Å². The molecular formula is C32H26F6O3. The van der Waals surface area contributed by atoms with E-state index in [-0.39, 0.29) is 0 Å². The third-order valence-corrected chi connectivity index (χ3v) is 7.47. The van der Waals surface area contributed by atoms with Crippen LogP contribution in [0.15, 0.2) is 97.1 Å². The third kappa shape index (κ3) is 5.91. The number of ether oxygens (including phenoxy) is 3. The molecule has 0 aromatic heterocycles. The van der Waals surface area contributed by atoms with Gasteiger partial charge in [0.2, 0.25) is 0 Å². The minimum absolute atomic E-state index is 0.533. The minimum Gasteiger partial charge on any atom is -0.497 e. The van der Waals surface area contributed by atoms with E-state index in [4.69, 9.17) is 14.2 Å². The Hall–Kier alpha value is -3.98. The van der Waals surface area contributed by atoms with E-state index in [1.807, 2.05) is 24.3 Å². The number of hydrogen-bond acceptors (Lipinski definition) is 3. The maximum Gasteiger partial charge on any atom is 0.416 e. The molecule has 0 spiro atoms. The van der Waals surface area contributed by atoms with Crippen molar-refractivity contribution in [1.29, 1.82) is 0 Å². The summed E-state index contributed by atoms with van der Waals surface area (Å²) in [6.45, 7) is 0. The molecule has 4 aromatic carbocycles. The second-order valence-corrected chi connectivity index (χ2v) is 9.81. The number of halogens is 6. The summed E-state index contributed by atoms with van der Waals surface area (Å²) in [5, 5.41) is 0. The van der Waals surface area contributed by atoms with Crippen LogP contribution >= 0.6 is 0 Å². The lowest BCUT2D eigenvalue weighted by Gasteiger charge is -2.26. The first-order chi connectivity index (χ1) is 19.5. The van der Waals surface area contributed by atoms with E-state index >= 15 is 0 Å². The standard InChI is InChI=1S/C32H26F6O3/c1-39-25-15-7-21(8-16-25)29-27(19-3-11-23(12-4-19)31(33,34)35)28(20-5-13-24(14-6-20)32(36,37)38)30(41-29)22-9-17-26(40-2)18-10-22/h3-18,27-30H,1-2H3/t27-,28-,29+,30+/m1/s1. The lowest BCUT2D eigenvalue weighted by molar-refractivity contribution is -0.138. The molecule has 41 heavy (non-hydrogen) atoms. The van der Waals surface area contributed by atoms with Crippen LogP contribution < -0.4 is 9.47 Å². The van der Waals surface area contributed by atoms with Crippen LogP contribution in [0.1, 0.15) is 57.4 Å². The fraction of sp³-hybridized carbons (Fsp3) is 0.250. The number of benzene rings is 4. The smallest absolute Gasteiger partial charge is 0.416 e. The maximum absolute atomic E-state index is 13.4. The molecule has 214 valence electrons. The van der Waals surface area contributed by atoms with Gasteiger partial charge in [0.15, 0.2) is 0 Å². The largest absolute Gasteiger partial charge is 0.497 e. The first-order valence-electron chi connectivity index (χ1n) is 12.8. The van der Waals surface area contributed by atoms with Crippen molar-refractivity contribution in [2.75, 3.05) is 14.2 Å². The molecule has 0 radical (unpaired) electrons. The molecule has 0 unspecified atom stereocenters. The van der Waals surface area contributed by atoms with E-state index in [0.717, 1.165) is 35.4 Å². The first kappa shape index (κ1) is 28.5. The van der Waals surface area contributed by atoms with Crippen molar-refractivity contribution in [1.82, 2.24) is 0 Å². The Balaban J connectivity index is 1.67. The maximum atomic E-state index is 13.4. The zero-order valence-electron chi connectivity index (χ0n) is 22.0. The molecule has 0 aliphatic carbocycles. The Morgan fingerprint density at radius 3 is 1.02 bits per heavy atom. The van der Waals surface area contributed by atoms with Crippen molar-refractivity contribution in [3.8, 4) is 11.5 Å². The average Bonchev–Trinajstić information content (AvgIpc) is 3.37. The third-order valence-electron chi connectivity index (χ3n) is 7.47. The molecule has 1 fully saturated rings. The topological polar surface area (TPSA) is 27.7 Å². The van der Waals surface area contributed by atoms with Crippen LogP contribution in [-0.2, 0) is 17.1 Å². The van der Waals surface area contributed by atoms with E-state index in [1.165, 1.54) is 38.5 Å². The van der Waals surface area contributed by atoms with E-state index in [0.29, 0.717) is 22.6 Å². The summed E-state index contributed by atoms with van der Waals surface area (Å²) >= 11 is 0. The summed E-state index contributed by atoms with van der Waals surface area (Å²) < 4.78 is 97.6. The van der Waals surface area contributed by atoms with Gasteiger partial charge in [0.1, 0.15) is 11.5 Å². The van der Waals surface area contributed by atoms with Crippen LogP contribution in [0.2, 0.25) is 0 Å². The van der Waals surface area contributed by atoms with Gasteiger partial charge in [-0.05, 0) is 70.8 Å². The van der Waals surface area contributed by atoms with Crippen LogP contribution in [0.5, 0.6) is 11.5 Å². The molecule has 4 aromatic rings. The van der Waals surface area contributed by atoms with E-state index in [9.17, 15) is 26.3 Å². The Morgan fingerprint density at radius 2 is 0.756 bits per heavy atom. The normalized spacial score (nSPS) is 21.1. The molecule has 0 bridgehead atoms. The minimum atomic E-state index is -4.52. The van der Waals surface area contributed by atoms with Gasteiger partial charge in [-0.15, -0.1) is 0 Å². The van der Waals surface area contributed by atoms with Gasteiger partial charge in [-0.2, -0.15) is 26.3 Å². The van der Waals surface area contributed by atoms with Gasteiger partial charge in [-0.1, -0.05) is 48.5 Å². The number of hydrogen-bond donors (Lipinski definition) is 0. The highest BCUT2D eigenvalue weighted by Crippen LogP contribution is 2.59. The number of alkyl halides is 6. The molecule has 0 saturated carbocycles. The molecule has 1 aliphatic rings. The molecule has 1 heterocycles. The van der Waals surface area contributed by atoms with Gasteiger partial charge in [0, 0.05) is 11.8 Å². The van der Waals surface area contributed by atoms with Crippen LogP contribution in [-0.4, -0.2) is 14.2 Å². The Labute approximate surface area is 233 Å². The van der Waals surface area contributed by atoms with Gasteiger partial charge < -0.3 is 14.2 Å². The second kappa shape index (κ2) is 11.1. The van der Waals surface area contributed by atoms with Crippen molar-refractivity contribution < 1.29 is 40.6 Å². The highest BCUT2D eigenvalue weighted by Gasteiger charge is 2.47. The fourth-order valence-corrected chi connectivity index (χ4v) is 5.42. The molecule has 5 rings (SSSR count). The highest BCUT2D eigenvalue weighted by atomic mass is 19.4. The average molecular weight is 573 g/mol. The van der Waals surface area contributed by atoms with Gasteiger partial charge in [-0.25, -0.2) is 0 Å². The van der Waals surface area contributed by atoms with Gasteiger partial charge in [0.05, 0.1) is 37.6 Å². The molecule has 0 N–H and O–H groups in total. The molecule has 4 atom stereocenters. The van der Waals surface area contributed by atoms with Crippen LogP contribution in [0.4, 0.5) is 26.3 Å². The van der Waals surface area contributed by atoms with Crippen molar-refractivity contribution >= 4 is 0 Å². The highest BCUT2D eigenvalue weighted by molar-refractivity contribution is 5.42. The van der Waals surface area contributed by atoms with Crippen LogP contribution in [0.3, 0.4) is 0 Å². The quantitative estimate of drug-likeness (QED) is 0.216. The van der Waals surface area contributed by atoms with Gasteiger partial charge in [-0.3, -0.25) is 0 Å². The zero-order chi connectivity index (χ0) is 29.4. The van der Waals surface area contributed by atoms with Crippen LogP contribution in [0, 0.1) is 0 Å². The van der Waals surface area contributed by atoms with Gasteiger partial charge >= 0.3 is 12.4 Å². The summed E-state index contributed by atoms with van der Waals surface area (Å²) in [7, 11) is 3.07. The van der Waals surface area contributed by atoms with Gasteiger partial charge in [0.25, 0.3) is 0 Å². The molecule has 9 heteroatoms.